The van der Waals surface area contributed by atoms with Crippen molar-refractivity contribution in [2.45, 2.75) is 38.0 Å². The number of amides is 1. The molecule has 1 fully saturated rings. The van der Waals surface area contributed by atoms with Crippen LogP contribution >= 0.6 is 11.6 Å². The maximum Gasteiger partial charge on any atom is 0.235 e. The zero-order chi connectivity index (χ0) is 18.2. The van der Waals surface area contributed by atoms with E-state index in [9.17, 15) is 4.79 Å². The summed E-state index contributed by atoms with van der Waals surface area (Å²) >= 11 is 5.99. The molecule has 2 aromatic carbocycles. The number of allylic oxidation sites excluding steroid dienone is 1. The molecule has 0 bridgehead atoms. The van der Waals surface area contributed by atoms with Crippen molar-refractivity contribution < 1.29 is 4.79 Å². The van der Waals surface area contributed by atoms with Gasteiger partial charge in [0.2, 0.25) is 5.91 Å². The maximum atomic E-state index is 13.0. The number of carbonyl (C=O) groups is 1. The summed E-state index contributed by atoms with van der Waals surface area (Å²) in [4.78, 5) is 13.0. The number of carbonyl (C=O) groups excluding carboxylic acids is 1. The summed E-state index contributed by atoms with van der Waals surface area (Å²) < 4.78 is 0. The first-order valence-corrected chi connectivity index (χ1v) is 8.96. The summed E-state index contributed by atoms with van der Waals surface area (Å²) in [5, 5.41) is 3.76. The van der Waals surface area contributed by atoms with E-state index in [1.807, 2.05) is 42.5 Å². The van der Waals surface area contributed by atoms with Crippen LogP contribution in [0.3, 0.4) is 0 Å². The topological polar surface area (TPSA) is 29.1 Å². The zero-order valence-electron chi connectivity index (χ0n) is 15.0. The van der Waals surface area contributed by atoms with Crippen molar-refractivity contribution in [1.82, 2.24) is 0 Å². The molecule has 0 aromatic heterocycles. The van der Waals surface area contributed by atoms with Crippen LogP contribution in [-0.4, -0.2) is 5.91 Å². The van der Waals surface area contributed by atoms with Crippen LogP contribution < -0.4 is 5.32 Å². The summed E-state index contributed by atoms with van der Waals surface area (Å²) in [5.74, 6) is 0.172. The lowest BCUT2D eigenvalue weighted by Gasteiger charge is -2.20. The molecule has 1 saturated carbocycles. The molecule has 0 spiro atoms. The van der Waals surface area contributed by atoms with E-state index in [1.54, 1.807) is 0 Å². The van der Waals surface area contributed by atoms with Crippen molar-refractivity contribution in [2.75, 3.05) is 5.32 Å². The standard InChI is InChI=1S/C22H24ClNO/c1-5-15-14-22(15,17-6-10-18(23)11-7-17)20(25)24-19-12-8-16(9-13-19)21(2,3)4/h5-13,15H,1,14H2,2-4H3,(H,24,25). The second-order valence-electron chi connectivity index (χ2n) is 7.81. The minimum atomic E-state index is -0.533. The van der Waals surface area contributed by atoms with Crippen molar-refractivity contribution in [2.24, 2.45) is 5.92 Å². The Balaban J connectivity index is 1.83. The Labute approximate surface area is 154 Å². The Hall–Kier alpha value is -2.06. The molecule has 130 valence electrons. The van der Waals surface area contributed by atoms with Gasteiger partial charge in [0.15, 0.2) is 0 Å². The van der Waals surface area contributed by atoms with Gasteiger partial charge in [-0.3, -0.25) is 4.79 Å². The number of benzene rings is 2. The average molecular weight is 354 g/mol. The van der Waals surface area contributed by atoms with Gasteiger partial charge in [-0.1, -0.05) is 62.7 Å². The number of hydrogen-bond donors (Lipinski definition) is 1. The quantitative estimate of drug-likeness (QED) is 0.700. The van der Waals surface area contributed by atoms with Crippen molar-refractivity contribution in [1.29, 1.82) is 0 Å². The molecule has 0 heterocycles. The largest absolute Gasteiger partial charge is 0.325 e. The van der Waals surface area contributed by atoms with Crippen LogP contribution in [0.15, 0.2) is 61.2 Å². The highest BCUT2D eigenvalue weighted by molar-refractivity contribution is 6.30. The Bertz CT molecular complexity index is 786. The van der Waals surface area contributed by atoms with E-state index in [0.29, 0.717) is 5.02 Å². The second kappa shape index (κ2) is 6.34. The van der Waals surface area contributed by atoms with Crippen LogP contribution in [0.4, 0.5) is 5.69 Å². The first-order chi connectivity index (χ1) is 11.8. The number of halogens is 1. The van der Waals surface area contributed by atoms with Gasteiger partial charge in [0.1, 0.15) is 0 Å². The molecular weight excluding hydrogens is 330 g/mol. The van der Waals surface area contributed by atoms with E-state index in [4.69, 9.17) is 11.6 Å². The minimum Gasteiger partial charge on any atom is -0.325 e. The first-order valence-electron chi connectivity index (χ1n) is 8.58. The summed E-state index contributed by atoms with van der Waals surface area (Å²) in [6.45, 7) is 10.4. The fraction of sp³-hybridized carbons (Fsp3) is 0.318. The van der Waals surface area contributed by atoms with Gasteiger partial charge in [-0.05, 0) is 53.1 Å². The first kappa shape index (κ1) is 17.8. The van der Waals surface area contributed by atoms with Crippen molar-refractivity contribution in [3.63, 3.8) is 0 Å². The van der Waals surface area contributed by atoms with Gasteiger partial charge in [-0.2, -0.15) is 0 Å². The minimum absolute atomic E-state index is 0.0169. The Morgan fingerprint density at radius 2 is 1.76 bits per heavy atom. The average Bonchev–Trinajstić information content (AvgIpc) is 3.31. The molecule has 3 rings (SSSR count). The molecule has 1 N–H and O–H groups in total. The van der Waals surface area contributed by atoms with Gasteiger partial charge in [-0.15, -0.1) is 6.58 Å². The highest BCUT2D eigenvalue weighted by Crippen LogP contribution is 2.55. The number of nitrogens with one attached hydrogen (secondary N) is 1. The van der Waals surface area contributed by atoms with E-state index in [2.05, 4.69) is 44.8 Å². The summed E-state index contributed by atoms with van der Waals surface area (Å²) in [6, 6.07) is 15.6. The molecular formula is C22H24ClNO. The molecule has 0 saturated heterocycles. The molecule has 2 atom stereocenters. The molecule has 2 unspecified atom stereocenters. The van der Waals surface area contributed by atoms with Gasteiger partial charge < -0.3 is 5.32 Å². The smallest absolute Gasteiger partial charge is 0.235 e. The molecule has 1 aliphatic rings. The van der Waals surface area contributed by atoms with Crippen molar-refractivity contribution in [3.8, 4) is 0 Å². The molecule has 2 nitrogen and oxygen atoms in total. The fourth-order valence-corrected chi connectivity index (χ4v) is 3.47. The Morgan fingerprint density at radius 1 is 1.16 bits per heavy atom. The predicted octanol–water partition coefficient (Wildman–Crippen LogP) is 5.72. The number of hydrogen-bond acceptors (Lipinski definition) is 1. The number of rotatable bonds is 4. The van der Waals surface area contributed by atoms with Gasteiger partial charge in [-0.25, -0.2) is 0 Å². The lowest BCUT2D eigenvalue weighted by atomic mass is 9.87. The van der Waals surface area contributed by atoms with Gasteiger partial charge in [0.25, 0.3) is 0 Å². The van der Waals surface area contributed by atoms with Gasteiger partial charge in [0.05, 0.1) is 5.41 Å². The molecule has 3 heteroatoms. The molecule has 2 aromatic rings. The molecule has 25 heavy (non-hydrogen) atoms. The SMILES string of the molecule is C=CC1CC1(C(=O)Nc1ccc(C(C)(C)C)cc1)c1ccc(Cl)cc1. The third-order valence-electron chi connectivity index (χ3n) is 5.07. The predicted molar refractivity (Wildman–Crippen MR) is 105 cm³/mol. The molecule has 0 radical (unpaired) electrons. The monoisotopic (exact) mass is 353 g/mol. The van der Waals surface area contributed by atoms with E-state index in [0.717, 1.165) is 17.7 Å². The third kappa shape index (κ3) is 3.36. The molecule has 0 aliphatic heterocycles. The lowest BCUT2D eigenvalue weighted by Crippen LogP contribution is -2.29. The summed E-state index contributed by atoms with van der Waals surface area (Å²) in [5.41, 5.74) is 2.62. The van der Waals surface area contributed by atoms with E-state index in [-0.39, 0.29) is 17.2 Å². The zero-order valence-corrected chi connectivity index (χ0v) is 15.7. The van der Waals surface area contributed by atoms with Crippen LogP contribution in [0.25, 0.3) is 0 Å². The van der Waals surface area contributed by atoms with Gasteiger partial charge >= 0.3 is 0 Å². The Kier molecular flexibility index (Phi) is 4.51. The van der Waals surface area contributed by atoms with E-state index in [1.165, 1.54) is 5.56 Å². The van der Waals surface area contributed by atoms with E-state index >= 15 is 0 Å². The highest BCUT2D eigenvalue weighted by atomic mass is 35.5. The molecule has 1 amide bonds. The fourth-order valence-electron chi connectivity index (χ4n) is 3.34. The normalized spacial score (nSPS) is 22.3. The van der Waals surface area contributed by atoms with Crippen LogP contribution in [0, 0.1) is 5.92 Å². The van der Waals surface area contributed by atoms with Crippen LogP contribution in [0.5, 0.6) is 0 Å². The maximum absolute atomic E-state index is 13.0. The van der Waals surface area contributed by atoms with Crippen molar-refractivity contribution in [3.05, 3.63) is 77.3 Å². The molecule has 1 aliphatic carbocycles. The number of anilines is 1. The highest BCUT2D eigenvalue weighted by Gasteiger charge is 2.59. The van der Waals surface area contributed by atoms with Crippen molar-refractivity contribution >= 4 is 23.2 Å². The summed E-state index contributed by atoms with van der Waals surface area (Å²) in [6.07, 6.45) is 2.65. The summed E-state index contributed by atoms with van der Waals surface area (Å²) in [7, 11) is 0. The lowest BCUT2D eigenvalue weighted by molar-refractivity contribution is -0.118. The third-order valence-corrected chi connectivity index (χ3v) is 5.32. The van der Waals surface area contributed by atoms with Crippen LogP contribution in [0.2, 0.25) is 5.02 Å². The van der Waals surface area contributed by atoms with Crippen LogP contribution in [0.1, 0.15) is 38.3 Å². The Morgan fingerprint density at radius 3 is 2.24 bits per heavy atom. The second-order valence-corrected chi connectivity index (χ2v) is 8.24. The van der Waals surface area contributed by atoms with Crippen LogP contribution in [-0.2, 0) is 15.6 Å². The van der Waals surface area contributed by atoms with E-state index < -0.39 is 5.41 Å². The van der Waals surface area contributed by atoms with Gasteiger partial charge in [0, 0.05) is 10.7 Å².